The van der Waals surface area contributed by atoms with Gasteiger partial charge in [-0.2, -0.15) is 0 Å². The minimum atomic E-state index is -0.917. The Labute approximate surface area is 191 Å². The first kappa shape index (κ1) is 21.7. The summed E-state index contributed by atoms with van der Waals surface area (Å²) in [4.78, 5) is 13.5. The van der Waals surface area contributed by atoms with Gasteiger partial charge in [-0.15, -0.1) is 0 Å². The van der Waals surface area contributed by atoms with E-state index < -0.39 is 14.0 Å². The molecule has 4 rings (SSSR count). The zero-order valence-corrected chi connectivity index (χ0v) is 18.9. The fourth-order valence-corrected chi connectivity index (χ4v) is 6.11. The van der Waals surface area contributed by atoms with Gasteiger partial charge in [0, 0.05) is 0 Å². The topological polar surface area (TPSA) is 26.3 Å². The van der Waals surface area contributed by atoms with Gasteiger partial charge in [-0.3, -0.25) is 0 Å². The Morgan fingerprint density at radius 2 is 1.19 bits per heavy atom. The molecule has 0 aliphatic rings. The summed E-state index contributed by atoms with van der Waals surface area (Å²) in [6.07, 6.45) is -0.489. The average molecular weight is 436 g/mol. The monoisotopic (exact) mass is 436 g/mol. The van der Waals surface area contributed by atoms with Gasteiger partial charge in [0.15, 0.2) is 0 Å². The molecule has 0 spiro atoms. The van der Waals surface area contributed by atoms with Crippen LogP contribution in [0.25, 0.3) is 0 Å². The summed E-state index contributed by atoms with van der Waals surface area (Å²) in [6.45, 7) is 5.94. The van der Waals surface area contributed by atoms with Crippen LogP contribution in [-0.4, -0.2) is 5.97 Å². The lowest BCUT2D eigenvalue weighted by Gasteiger charge is -2.23. The Morgan fingerprint density at radius 1 is 0.719 bits per heavy atom. The van der Waals surface area contributed by atoms with E-state index in [2.05, 4.69) is 30.8 Å². The standard InChI is InChI=1S/C29H25O2P/c1-22(2)28(23-14-6-3-7-15-23)31-29(30)26-20-12-13-21-27(26)32(24-16-8-4-9-17-24)25-18-10-5-11-19-25/h3-21,28H,1H2,2H3/t28-/m0/s1. The lowest BCUT2D eigenvalue weighted by molar-refractivity contribution is 0.0373. The van der Waals surface area contributed by atoms with Crippen LogP contribution in [0.5, 0.6) is 0 Å². The predicted molar refractivity (Wildman–Crippen MR) is 135 cm³/mol. The van der Waals surface area contributed by atoms with E-state index in [0.717, 1.165) is 16.4 Å². The molecule has 0 aromatic heterocycles. The summed E-state index contributed by atoms with van der Waals surface area (Å²) in [7, 11) is -0.917. The maximum atomic E-state index is 13.5. The van der Waals surface area contributed by atoms with E-state index in [1.54, 1.807) is 0 Å². The van der Waals surface area contributed by atoms with Crippen LogP contribution in [0.3, 0.4) is 0 Å². The molecule has 0 aliphatic carbocycles. The van der Waals surface area contributed by atoms with Gasteiger partial charge in [0.2, 0.25) is 0 Å². The molecule has 0 aliphatic heterocycles. The van der Waals surface area contributed by atoms with E-state index in [4.69, 9.17) is 4.74 Å². The van der Waals surface area contributed by atoms with Crippen molar-refractivity contribution in [3.05, 3.63) is 139 Å². The number of benzene rings is 4. The van der Waals surface area contributed by atoms with Crippen molar-refractivity contribution in [2.24, 2.45) is 0 Å². The smallest absolute Gasteiger partial charge is 0.339 e. The van der Waals surface area contributed by atoms with Crippen molar-refractivity contribution in [3.63, 3.8) is 0 Å². The first-order valence-corrected chi connectivity index (χ1v) is 11.9. The number of carbonyl (C=O) groups is 1. The van der Waals surface area contributed by atoms with Crippen LogP contribution in [0.15, 0.2) is 127 Å². The summed E-state index contributed by atoms with van der Waals surface area (Å²) in [5.74, 6) is -0.336. The quantitative estimate of drug-likeness (QED) is 0.204. The van der Waals surface area contributed by atoms with Crippen LogP contribution in [0.4, 0.5) is 0 Å². The highest BCUT2D eigenvalue weighted by Gasteiger charge is 2.25. The number of esters is 1. The molecule has 0 fully saturated rings. The fraction of sp³-hybridized carbons (Fsp3) is 0.0690. The lowest BCUT2D eigenvalue weighted by Crippen LogP contribution is -2.26. The first-order chi connectivity index (χ1) is 15.6. The molecule has 0 unspecified atom stereocenters. The molecule has 158 valence electrons. The molecule has 4 aromatic rings. The van der Waals surface area contributed by atoms with Gasteiger partial charge in [-0.25, -0.2) is 4.79 Å². The second kappa shape index (κ2) is 10.2. The highest BCUT2D eigenvalue weighted by molar-refractivity contribution is 7.80. The van der Waals surface area contributed by atoms with Crippen molar-refractivity contribution in [2.45, 2.75) is 13.0 Å². The van der Waals surface area contributed by atoms with Gasteiger partial charge in [-0.05, 0) is 48.0 Å². The predicted octanol–water partition coefficient (Wildman–Crippen LogP) is 5.92. The van der Waals surface area contributed by atoms with Crippen LogP contribution in [-0.2, 0) is 4.74 Å². The molecule has 0 radical (unpaired) electrons. The molecule has 4 aromatic carbocycles. The summed E-state index contributed by atoms with van der Waals surface area (Å²) in [6, 6.07) is 38.2. The van der Waals surface area contributed by atoms with E-state index in [9.17, 15) is 4.79 Å². The molecule has 0 heterocycles. The average Bonchev–Trinajstić information content (AvgIpc) is 2.84. The highest BCUT2D eigenvalue weighted by atomic mass is 31.1. The maximum absolute atomic E-state index is 13.5. The summed E-state index contributed by atoms with van der Waals surface area (Å²) in [5, 5.41) is 3.36. The Hall–Kier alpha value is -3.48. The third-order valence-corrected chi connectivity index (χ3v) is 7.67. The zero-order valence-electron chi connectivity index (χ0n) is 18.0. The highest BCUT2D eigenvalue weighted by Crippen LogP contribution is 2.35. The molecule has 0 saturated heterocycles. The van der Waals surface area contributed by atoms with Gasteiger partial charge in [0.05, 0.1) is 5.56 Å². The molecule has 0 bridgehead atoms. The van der Waals surface area contributed by atoms with Crippen LogP contribution in [0, 0.1) is 0 Å². The van der Waals surface area contributed by atoms with Crippen LogP contribution in [0.1, 0.15) is 28.9 Å². The van der Waals surface area contributed by atoms with Crippen molar-refractivity contribution in [1.82, 2.24) is 0 Å². The fourth-order valence-electron chi connectivity index (χ4n) is 3.67. The number of ether oxygens (including phenoxy) is 1. The van der Waals surface area contributed by atoms with E-state index >= 15 is 0 Å². The molecular weight excluding hydrogens is 411 g/mol. The van der Waals surface area contributed by atoms with E-state index in [0.29, 0.717) is 5.56 Å². The van der Waals surface area contributed by atoms with Gasteiger partial charge in [0.1, 0.15) is 6.10 Å². The summed E-state index contributed by atoms with van der Waals surface area (Å²) >= 11 is 0. The number of rotatable bonds is 7. The molecule has 1 atom stereocenters. The largest absolute Gasteiger partial charge is 0.449 e. The summed E-state index contributed by atoms with van der Waals surface area (Å²) < 4.78 is 6.02. The SMILES string of the molecule is C=C(C)[C@H](OC(=O)c1ccccc1P(c1ccccc1)c1ccccc1)c1ccccc1. The Bertz CT molecular complexity index is 1150. The molecule has 0 amide bonds. The van der Waals surface area contributed by atoms with Crippen LogP contribution >= 0.6 is 7.92 Å². The van der Waals surface area contributed by atoms with Crippen molar-refractivity contribution in [3.8, 4) is 0 Å². The molecule has 0 N–H and O–H groups in total. The van der Waals surface area contributed by atoms with Crippen molar-refractivity contribution in [1.29, 1.82) is 0 Å². The minimum absolute atomic E-state index is 0.336. The molecular formula is C29H25O2P. The number of hydrogen-bond acceptors (Lipinski definition) is 2. The second-order valence-electron chi connectivity index (χ2n) is 7.57. The maximum Gasteiger partial charge on any atom is 0.339 e. The second-order valence-corrected chi connectivity index (χ2v) is 9.75. The van der Waals surface area contributed by atoms with Gasteiger partial charge in [0.25, 0.3) is 0 Å². The van der Waals surface area contributed by atoms with Crippen molar-refractivity contribution >= 4 is 29.8 Å². The Morgan fingerprint density at radius 3 is 1.72 bits per heavy atom. The minimum Gasteiger partial charge on any atom is -0.449 e. The Kier molecular flexibility index (Phi) is 6.94. The van der Waals surface area contributed by atoms with Crippen molar-refractivity contribution < 1.29 is 9.53 Å². The van der Waals surface area contributed by atoms with Gasteiger partial charge in [-0.1, -0.05) is 116 Å². The normalized spacial score (nSPS) is 11.7. The number of carbonyl (C=O) groups excluding carboxylic acids is 1. The van der Waals surface area contributed by atoms with Crippen LogP contribution < -0.4 is 15.9 Å². The van der Waals surface area contributed by atoms with Gasteiger partial charge < -0.3 is 4.74 Å². The number of hydrogen-bond donors (Lipinski definition) is 0. The van der Waals surface area contributed by atoms with E-state index in [1.165, 1.54) is 10.6 Å². The van der Waals surface area contributed by atoms with E-state index in [-0.39, 0.29) is 5.97 Å². The molecule has 3 heteroatoms. The lowest BCUT2D eigenvalue weighted by atomic mass is 10.0. The zero-order chi connectivity index (χ0) is 22.3. The molecule has 2 nitrogen and oxygen atoms in total. The Balaban J connectivity index is 1.75. The first-order valence-electron chi connectivity index (χ1n) is 10.6. The molecule has 0 saturated carbocycles. The van der Waals surface area contributed by atoms with Gasteiger partial charge >= 0.3 is 5.97 Å². The van der Waals surface area contributed by atoms with Crippen molar-refractivity contribution in [2.75, 3.05) is 0 Å². The molecule has 32 heavy (non-hydrogen) atoms. The third-order valence-electron chi connectivity index (χ3n) is 5.17. The van der Waals surface area contributed by atoms with Crippen LogP contribution in [0.2, 0.25) is 0 Å². The third kappa shape index (κ3) is 4.88. The summed E-state index contributed by atoms with van der Waals surface area (Å²) in [5.41, 5.74) is 2.29. The van der Waals surface area contributed by atoms with E-state index in [1.807, 2.05) is 97.9 Å².